The van der Waals surface area contributed by atoms with Crippen LogP contribution in [0.5, 0.6) is 0 Å². The Bertz CT molecular complexity index is 2030. The molecule has 312 valence electrons. The maximum absolute atomic E-state index is 15.5. The van der Waals surface area contributed by atoms with Crippen LogP contribution in [0.15, 0.2) is 109 Å². The van der Waals surface area contributed by atoms with Gasteiger partial charge in [-0.1, -0.05) is 84.9 Å². The summed E-state index contributed by atoms with van der Waals surface area (Å²) in [7, 11) is 3.26. The first kappa shape index (κ1) is 42.0. The number of aromatic amines is 1. The number of imidazole rings is 1. The van der Waals surface area contributed by atoms with Crippen molar-refractivity contribution in [1.82, 2.24) is 19.8 Å². The van der Waals surface area contributed by atoms with E-state index in [9.17, 15) is 4.79 Å². The number of nitrogens with zero attached hydrogens (tertiary/aromatic N) is 3. The van der Waals surface area contributed by atoms with E-state index in [1.807, 2.05) is 88.7 Å². The summed E-state index contributed by atoms with van der Waals surface area (Å²) in [6.07, 6.45) is 1.83. The number of rotatable bonds is 22. The number of para-hydroxylation sites is 2. The highest BCUT2D eigenvalue weighted by atomic mass is 16.7. The summed E-state index contributed by atoms with van der Waals surface area (Å²) in [6, 6.07) is 34.3. The predicted octanol–water partition coefficient (Wildman–Crippen LogP) is 6.70. The number of hydrogen-bond acceptors (Lipinski definition) is 9. The third-order valence-corrected chi connectivity index (χ3v) is 10.8. The lowest BCUT2D eigenvalue weighted by Gasteiger charge is -2.38. The van der Waals surface area contributed by atoms with E-state index in [4.69, 9.17) is 28.4 Å². The Balaban J connectivity index is 1.27. The molecule has 0 spiro atoms. The molecule has 4 atom stereocenters. The molecule has 7 rings (SSSR count). The van der Waals surface area contributed by atoms with Gasteiger partial charge >= 0.3 is 6.03 Å². The van der Waals surface area contributed by atoms with Gasteiger partial charge in [-0.3, -0.25) is 10.1 Å². The molecule has 0 radical (unpaired) electrons. The second kappa shape index (κ2) is 21.2. The molecule has 0 bridgehead atoms. The van der Waals surface area contributed by atoms with Gasteiger partial charge in [0, 0.05) is 32.9 Å². The van der Waals surface area contributed by atoms with Crippen LogP contribution in [-0.2, 0) is 47.8 Å². The normalized spacial score (nSPS) is 19.6. The Morgan fingerprint density at radius 2 is 1.29 bits per heavy atom. The van der Waals surface area contributed by atoms with Crippen LogP contribution in [0.2, 0.25) is 0 Å². The number of carbonyl (C=O) groups excluding carboxylic acids is 2. The summed E-state index contributed by atoms with van der Waals surface area (Å²) in [4.78, 5) is 40.8. The fraction of sp³-hybridized carbons (Fsp3) is 0.413. The summed E-state index contributed by atoms with van der Waals surface area (Å²) in [6.45, 7) is 2.24. The number of benzene rings is 4. The zero-order chi connectivity index (χ0) is 40.8. The molecule has 2 fully saturated rings. The highest BCUT2D eigenvalue weighted by Crippen LogP contribution is 2.36. The number of methoxy groups -OCH3 is 2. The van der Waals surface area contributed by atoms with Crippen LogP contribution in [0.3, 0.4) is 0 Å². The van der Waals surface area contributed by atoms with Gasteiger partial charge in [-0.15, -0.1) is 0 Å². The smallest absolute Gasteiger partial charge is 0.321 e. The molecule has 1 saturated heterocycles. The molecule has 13 heteroatoms. The van der Waals surface area contributed by atoms with Gasteiger partial charge in [0.2, 0.25) is 5.95 Å². The average Bonchev–Trinajstić information content (AvgIpc) is 4.01. The number of amides is 3. The van der Waals surface area contributed by atoms with Gasteiger partial charge in [0.1, 0.15) is 25.8 Å². The number of aromatic nitrogens is 2. The van der Waals surface area contributed by atoms with Crippen molar-refractivity contribution in [1.29, 1.82) is 0 Å². The van der Waals surface area contributed by atoms with Crippen molar-refractivity contribution in [3.05, 3.63) is 131 Å². The van der Waals surface area contributed by atoms with E-state index in [0.29, 0.717) is 63.2 Å². The summed E-state index contributed by atoms with van der Waals surface area (Å²) >= 11 is 0. The highest BCUT2D eigenvalue weighted by molar-refractivity contribution is 6.04. The minimum atomic E-state index is -0.662. The highest BCUT2D eigenvalue weighted by Gasteiger charge is 2.50. The van der Waals surface area contributed by atoms with Crippen molar-refractivity contribution in [2.24, 2.45) is 5.92 Å². The van der Waals surface area contributed by atoms with Crippen LogP contribution in [0.1, 0.15) is 39.9 Å². The lowest BCUT2D eigenvalue weighted by molar-refractivity contribution is -0.192. The van der Waals surface area contributed by atoms with Crippen LogP contribution >= 0.6 is 0 Å². The Morgan fingerprint density at radius 1 is 0.712 bits per heavy atom. The van der Waals surface area contributed by atoms with Crippen molar-refractivity contribution in [2.45, 2.75) is 56.5 Å². The maximum Gasteiger partial charge on any atom is 0.321 e. The van der Waals surface area contributed by atoms with E-state index in [1.54, 1.807) is 20.3 Å². The first-order valence-corrected chi connectivity index (χ1v) is 20.4. The lowest BCUT2D eigenvalue weighted by atomic mass is 9.90. The summed E-state index contributed by atoms with van der Waals surface area (Å²) < 4.78 is 36.0. The fourth-order valence-corrected chi connectivity index (χ4v) is 7.65. The second-order valence-corrected chi connectivity index (χ2v) is 15.1. The standard InChI is InChI=1S/C46H55N5O8/c1-54-22-24-56-31-58-42-40(27-33-12-5-3-6-13-33)50(29-35-20-21-35)46(53)51(41(28-34-14-7-4-8-15-34)43(42)59-32-57-25-23-55-2)30-36-16-11-17-37(26-36)44(52)49-45-47-38-18-9-10-19-39(38)48-45/h3-19,26,35,40-43H,20-25,27-32H2,1-2H3,(H2,47,48,49,52)/t40-,41-,42+,43+/m1/s1. The molecular formula is C46H55N5O8. The van der Waals surface area contributed by atoms with E-state index in [0.717, 1.165) is 40.6 Å². The second-order valence-electron chi connectivity index (χ2n) is 15.1. The van der Waals surface area contributed by atoms with Crippen molar-refractivity contribution >= 4 is 28.9 Å². The number of urea groups is 1. The number of ether oxygens (including phenoxy) is 6. The van der Waals surface area contributed by atoms with Crippen molar-refractivity contribution < 1.29 is 38.0 Å². The number of fused-ring (bicyclic) bond motifs is 1. The minimum absolute atomic E-state index is 0.0182. The van der Waals surface area contributed by atoms with E-state index in [1.165, 1.54) is 0 Å². The largest absolute Gasteiger partial charge is 0.382 e. The predicted molar refractivity (Wildman–Crippen MR) is 224 cm³/mol. The third-order valence-electron chi connectivity index (χ3n) is 10.8. The van der Waals surface area contributed by atoms with Gasteiger partial charge in [0.25, 0.3) is 5.91 Å². The number of nitrogens with one attached hydrogen (secondary N) is 2. The molecule has 2 aliphatic rings. The molecule has 3 amide bonds. The molecule has 0 unspecified atom stereocenters. The topological polar surface area (TPSA) is 137 Å². The number of hydrogen-bond donors (Lipinski definition) is 2. The minimum Gasteiger partial charge on any atom is -0.382 e. The lowest BCUT2D eigenvalue weighted by Crippen LogP contribution is -2.53. The first-order valence-electron chi connectivity index (χ1n) is 20.4. The zero-order valence-corrected chi connectivity index (χ0v) is 33.9. The molecule has 1 aromatic heterocycles. The zero-order valence-electron chi connectivity index (χ0n) is 33.9. The average molecular weight is 806 g/mol. The monoisotopic (exact) mass is 805 g/mol. The quantitative estimate of drug-likeness (QED) is 0.0579. The van der Waals surface area contributed by atoms with E-state index >= 15 is 4.79 Å². The molecule has 1 aliphatic carbocycles. The van der Waals surface area contributed by atoms with Gasteiger partial charge in [0.15, 0.2) is 0 Å². The van der Waals surface area contributed by atoms with E-state index in [2.05, 4.69) is 39.6 Å². The SMILES string of the molecule is COCCOCO[C@@H]1[C@@H](OCOCCOC)[C@@H](Cc2ccccc2)N(CC2CC2)C(=O)N(Cc2cccc(C(=O)Nc3nc4ccccc4[nH]3)c2)[C@@H]1Cc1ccccc1. The molecule has 1 aliphatic heterocycles. The van der Waals surface area contributed by atoms with Gasteiger partial charge in [-0.05, 0) is 72.6 Å². The molecular weight excluding hydrogens is 751 g/mol. The molecule has 5 aromatic rings. The van der Waals surface area contributed by atoms with E-state index < -0.39 is 24.3 Å². The van der Waals surface area contributed by atoms with E-state index in [-0.39, 0.29) is 32.1 Å². The molecule has 13 nitrogen and oxygen atoms in total. The Kier molecular flexibility index (Phi) is 15.1. The maximum atomic E-state index is 15.5. The fourth-order valence-electron chi connectivity index (χ4n) is 7.65. The van der Waals surface area contributed by atoms with Crippen molar-refractivity contribution in [3.63, 3.8) is 0 Å². The first-order chi connectivity index (χ1) is 29.0. The van der Waals surface area contributed by atoms with Crippen molar-refractivity contribution in [2.75, 3.05) is 66.1 Å². The number of carbonyl (C=O) groups is 2. The third kappa shape index (κ3) is 11.5. The number of anilines is 1. The van der Waals surface area contributed by atoms with Crippen molar-refractivity contribution in [3.8, 4) is 0 Å². The number of H-pyrrole nitrogens is 1. The van der Waals surface area contributed by atoms with Crippen LogP contribution in [0, 0.1) is 5.92 Å². The van der Waals surface area contributed by atoms with Gasteiger partial charge in [-0.25, -0.2) is 9.78 Å². The van der Waals surface area contributed by atoms with Crippen LogP contribution in [-0.4, -0.2) is 117 Å². The molecule has 4 aromatic carbocycles. The van der Waals surface area contributed by atoms with Crippen LogP contribution in [0.25, 0.3) is 11.0 Å². The van der Waals surface area contributed by atoms with Crippen LogP contribution in [0.4, 0.5) is 10.7 Å². The summed E-state index contributed by atoms with van der Waals surface area (Å²) in [5, 5.41) is 2.91. The Morgan fingerprint density at radius 3 is 1.88 bits per heavy atom. The molecule has 59 heavy (non-hydrogen) atoms. The molecule has 2 heterocycles. The van der Waals surface area contributed by atoms with Gasteiger partial charge in [0.05, 0.1) is 49.5 Å². The summed E-state index contributed by atoms with van der Waals surface area (Å²) in [5.41, 5.74) is 4.92. The molecule has 1 saturated carbocycles. The van der Waals surface area contributed by atoms with Gasteiger partial charge in [-0.2, -0.15) is 0 Å². The van der Waals surface area contributed by atoms with Crippen LogP contribution < -0.4 is 5.32 Å². The van der Waals surface area contributed by atoms with Gasteiger partial charge < -0.3 is 43.2 Å². The Labute approximate surface area is 345 Å². The molecule has 2 N–H and O–H groups in total. The Hall–Kier alpha value is -5.15. The summed E-state index contributed by atoms with van der Waals surface area (Å²) in [5.74, 6) is 0.422.